The second-order valence-corrected chi connectivity index (χ2v) is 5.00. The van der Waals surface area contributed by atoms with E-state index in [1.54, 1.807) is 0 Å². The number of aliphatic carboxylic acids is 1. The summed E-state index contributed by atoms with van der Waals surface area (Å²) in [5, 5.41) is 11.0. The molecule has 6 N–H and O–H groups in total. The van der Waals surface area contributed by atoms with E-state index in [-0.39, 0.29) is 12.8 Å². The van der Waals surface area contributed by atoms with Gasteiger partial charge in [0.05, 0.1) is 18.9 Å². The molecule has 0 aromatic rings. The lowest BCUT2D eigenvalue weighted by molar-refractivity contribution is -0.138. The number of primary amides is 1. The summed E-state index contributed by atoms with van der Waals surface area (Å²) in [7, 11) is 0. The molecule has 0 heterocycles. The maximum atomic E-state index is 13.5. The van der Waals surface area contributed by atoms with Crippen molar-refractivity contribution in [2.24, 2.45) is 11.5 Å². The number of rotatable bonds is 8. The van der Waals surface area contributed by atoms with E-state index in [0.29, 0.717) is 0 Å². The standard InChI is InChI=1S/C11H20FN3O4/c1-11(2,12)5-6(3-9(17)18)15-10(19)7(13)4-8(14)16/h6-7H,3-5,13H2,1-2H3,(H2,14,16)(H,15,19)(H,17,18)/t6-,7+/m1/s1. The Kier molecular flexibility index (Phi) is 6.40. The summed E-state index contributed by atoms with van der Waals surface area (Å²) in [6, 6.07) is -2.07. The van der Waals surface area contributed by atoms with Crippen LogP contribution in [0.2, 0.25) is 0 Å². The van der Waals surface area contributed by atoms with Gasteiger partial charge in [0, 0.05) is 12.5 Å². The topological polar surface area (TPSA) is 136 Å². The third kappa shape index (κ3) is 8.95. The number of carbonyl (C=O) groups is 3. The van der Waals surface area contributed by atoms with E-state index in [0.717, 1.165) is 0 Å². The van der Waals surface area contributed by atoms with Crippen molar-refractivity contribution in [2.75, 3.05) is 0 Å². The zero-order valence-electron chi connectivity index (χ0n) is 11.0. The smallest absolute Gasteiger partial charge is 0.305 e. The first-order chi connectivity index (χ1) is 8.51. The number of carboxylic acid groups (broad SMARTS) is 1. The Morgan fingerprint density at radius 2 is 1.84 bits per heavy atom. The highest BCUT2D eigenvalue weighted by atomic mass is 19.1. The number of nitrogens with two attached hydrogens (primary N) is 2. The van der Waals surface area contributed by atoms with Gasteiger partial charge in [0.2, 0.25) is 11.8 Å². The molecule has 2 atom stereocenters. The molecule has 0 radical (unpaired) electrons. The van der Waals surface area contributed by atoms with E-state index in [2.05, 4.69) is 5.32 Å². The Morgan fingerprint density at radius 3 is 2.21 bits per heavy atom. The molecule has 0 aliphatic rings. The molecule has 0 aromatic carbocycles. The van der Waals surface area contributed by atoms with Crippen molar-refractivity contribution in [3.8, 4) is 0 Å². The molecule has 0 aliphatic heterocycles. The highest BCUT2D eigenvalue weighted by Gasteiger charge is 2.27. The largest absolute Gasteiger partial charge is 0.481 e. The normalized spacial score (nSPS) is 14.5. The van der Waals surface area contributed by atoms with Crippen LogP contribution in [-0.4, -0.2) is 40.6 Å². The maximum Gasteiger partial charge on any atom is 0.305 e. The monoisotopic (exact) mass is 277 g/mol. The molecule has 0 aromatic heterocycles. The summed E-state index contributed by atoms with van der Waals surface area (Å²) in [5.74, 6) is -2.64. The predicted octanol–water partition coefficient (Wildman–Crippen LogP) is -0.713. The van der Waals surface area contributed by atoms with Crippen molar-refractivity contribution in [3.63, 3.8) is 0 Å². The SMILES string of the molecule is CC(C)(F)C[C@@H](CC(=O)O)NC(=O)[C@@H](N)CC(N)=O. The summed E-state index contributed by atoms with van der Waals surface area (Å²) >= 11 is 0. The van der Waals surface area contributed by atoms with Crippen molar-refractivity contribution >= 4 is 17.8 Å². The fourth-order valence-electron chi connectivity index (χ4n) is 1.59. The quantitative estimate of drug-likeness (QED) is 0.464. The number of alkyl halides is 1. The van der Waals surface area contributed by atoms with Gasteiger partial charge in [-0.2, -0.15) is 0 Å². The van der Waals surface area contributed by atoms with Gasteiger partial charge in [-0.3, -0.25) is 14.4 Å². The summed E-state index contributed by atoms with van der Waals surface area (Å²) in [6.45, 7) is 2.55. The molecular formula is C11H20FN3O4. The van der Waals surface area contributed by atoms with Crippen molar-refractivity contribution in [1.82, 2.24) is 5.32 Å². The summed E-state index contributed by atoms with van der Waals surface area (Å²) in [6.07, 6.45) is -0.957. The van der Waals surface area contributed by atoms with Crippen LogP contribution in [0.15, 0.2) is 0 Å². The Morgan fingerprint density at radius 1 is 1.32 bits per heavy atom. The van der Waals surface area contributed by atoms with Gasteiger partial charge < -0.3 is 21.9 Å². The molecule has 0 spiro atoms. The molecule has 110 valence electrons. The van der Waals surface area contributed by atoms with Crippen LogP contribution >= 0.6 is 0 Å². The van der Waals surface area contributed by atoms with E-state index >= 15 is 0 Å². The number of carboxylic acids is 1. The van der Waals surface area contributed by atoms with Crippen LogP contribution in [0.4, 0.5) is 4.39 Å². The van der Waals surface area contributed by atoms with Gasteiger partial charge in [-0.1, -0.05) is 0 Å². The van der Waals surface area contributed by atoms with E-state index in [9.17, 15) is 18.8 Å². The van der Waals surface area contributed by atoms with Crippen LogP contribution in [0.25, 0.3) is 0 Å². The average molecular weight is 277 g/mol. The Bertz CT molecular complexity index is 354. The van der Waals surface area contributed by atoms with Gasteiger partial charge in [-0.25, -0.2) is 4.39 Å². The van der Waals surface area contributed by atoms with E-state index < -0.39 is 42.0 Å². The zero-order chi connectivity index (χ0) is 15.2. The van der Waals surface area contributed by atoms with Gasteiger partial charge in [0.15, 0.2) is 0 Å². The summed E-state index contributed by atoms with van der Waals surface area (Å²) in [4.78, 5) is 32.9. The minimum absolute atomic E-state index is 0.172. The van der Waals surface area contributed by atoms with Crippen LogP contribution in [0.1, 0.15) is 33.1 Å². The third-order valence-electron chi connectivity index (χ3n) is 2.26. The van der Waals surface area contributed by atoms with Crippen molar-refractivity contribution in [3.05, 3.63) is 0 Å². The molecule has 0 saturated carbocycles. The number of hydrogen-bond acceptors (Lipinski definition) is 4. The van der Waals surface area contributed by atoms with Crippen LogP contribution in [0, 0.1) is 0 Å². The van der Waals surface area contributed by atoms with Gasteiger partial charge in [0.1, 0.15) is 5.67 Å². The van der Waals surface area contributed by atoms with E-state index in [1.165, 1.54) is 13.8 Å². The average Bonchev–Trinajstić information content (AvgIpc) is 2.11. The molecule has 2 amide bonds. The summed E-state index contributed by atoms with van der Waals surface area (Å²) in [5.41, 5.74) is 8.66. The van der Waals surface area contributed by atoms with Crippen LogP contribution in [0.5, 0.6) is 0 Å². The second kappa shape index (κ2) is 7.03. The molecular weight excluding hydrogens is 257 g/mol. The van der Waals surface area contributed by atoms with Gasteiger partial charge >= 0.3 is 5.97 Å². The number of amides is 2. The molecule has 0 unspecified atom stereocenters. The first-order valence-electron chi connectivity index (χ1n) is 5.76. The Balaban J connectivity index is 4.58. The lowest BCUT2D eigenvalue weighted by atomic mass is 9.98. The molecule has 0 fully saturated rings. The zero-order valence-corrected chi connectivity index (χ0v) is 11.0. The Hall–Kier alpha value is -1.70. The van der Waals surface area contributed by atoms with E-state index in [4.69, 9.17) is 16.6 Å². The molecule has 19 heavy (non-hydrogen) atoms. The minimum atomic E-state index is -1.64. The van der Waals surface area contributed by atoms with Crippen molar-refractivity contribution in [2.45, 2.75) is 50.9 Å². The predicted molar refractivity (Wildman–Crippen MR) is 65.8 cm³/mol. The minimum Gasteiger partial charge on any atom is -0.481 e. The fourth-order valence-corrected chi connectivity index (χ4v) is 1.59. The van der Waals surface area contributed by atoms with Gasteiger partial charge in [0.25, 0.3) is 0 Å². The number of nitrogens with one attached hydrogen (secondary N) is 1. The Labute approximate surface area is 110 Å². The van der Waals surface area contributed by atoms with Crippen molar-refractivity contribution < 1.29 is 23.9 Å². The molecule has 7 nitrogen and oxygen atoms in total. The first-order valence-corrected chi connectivity index (χ1v) is 5.76. The molecule has 8 heteroatoms. The van der Waals surface area contributed by atoms with Crippen molar-refractivity contribution in [1.29, 1.82) is 0 Å². The summed E-state index contributed by atoms with van der Waals surface area (Å²) < 4.78 is 13.5. The van der Waals surface area contributed by atoms with Crippen LogP contribution < -0.4 is 16.8 Å². The van der Waals surface area contributed by atoms with Crippen LogP contribution in [0.3, 0.4) is 0 Å². The number of carbonyl (C=O) groups excluding carboxylic acids is 2. The molecule has 0 aliphatic carbocycles. The lowest BCUT2D eigenvalue weighted by Gasteiger charge is -2.24. The second-order valence-electron chi connectivity index (χ2n) is 5.00. The first kappa shape index (κ1) is 17.3. The van der Waals surface area contributed by atoms with Gasteiger partial charge in [-0.15, -0.1) is 0 Å². The fraction of sp³-hybridized carbons (Fsp3) is 0.727. The lowest BCUT2D eigenvalue weighted by Crippen LogP contribution is -2.48. The highest BCUT2D eigenvalue weighted by Crippen LogP contribution is 2.18. The maximum absolute atomic E-state index is 13.5. The van der Waals surface area contributed by atoms with E-state index in [1.807, 2.05) is 0 Å². The highest BCUT2D eigenvalue weighted by molar-refractivity contribution is 5.87. The molecule has 0 saturated heterocycles. The number of hydrogen-bond donors (Lipinski definition) is 4. The van der Waals surface area contributed by atoms with Crippen LogP contribution in [-0.2, 0) is 14.4 Å². The van der Waals surface area contributed by atoms with Gasteiger partial charge in [-0.05, 0) is 13.8 Å². The molecule has 0 rings (SSSR count). The number of halogens is 1. The third-order valence-corrected chi connectivity index (χ3v) is 2.26. The molecule has 0 bridgehead atoms.